The molecule has 4 nitrogen and oxygen atoms in total. The van der Waals surface area contributed by atoms with Crippen LogP contribution in [-0.2, 0) is 4.79 Å². The molecule has 0 saturated carbocycles. The van der Waals surface area contributed by atoms with Crippen molar-refractivity contribution in [2.24, 2.45) is 0 Å². The first-order valence-electron chi connectivity index (χ1n) is 9.58. The number of fused-ring (bicyclic) bond motifs is 1. The lowest BCUT2D eigenvalue weighted by Gasteiger charge is -2.33. The quantitative estimate of drug-likeness (QED) is 0.638. The average Bonchev–Trinajstić information content (AvgIpc) is 3.04. The van der Waals surface area contributed by atoms with Crippen LogP contribution in [0.4, 0.5) is 5.82 Å². The molecule has 1 unspecified atom stereocenters. The largest absolute Gasteiger partial charge is 0.343 e. The molecule has 0 bridgehead atoms. The number of hydrogen-bond acceptors (Lipinski definition) is 3. The number of carbonyl (C=O) groups is 1. The summed E-state index contributed by atoms with van der Waals surface area (Å²) in [5.41, 5.74) is 5.74. The Kier molecular flexibility index (Phi) is 4.09. The fourth-order valence-corrected chi connectivity index (χ4v) is 4.64. The Balaban J connectivity index is 1.78. The zero-order valence-electron chi connectivity index (χ0n) is 15.6. The number of nitrogens with one attached hydrogen (secondary N) is 1. The van der Waals surface area contributed by atoms with E-state index in [4.69, 9.17) is 16.7 Å². The number of anilines is 1. The van der Waals surface area contributed by atoms with E-state index in [1.54, 1.807) is 0 Å². The molecule has 5 rings (SSSR count). The van der Waals surface area contributed by atoms with Gasteiger partial charge in [-0.15, -0.1) is 0 Å². The highest BCUT2D eigenvalue weighted by atomic mass is 35.5. The molecule has 1 N–H and O–H groups in total. The van der Waals surface area contributed by atoms with Gasteiger partial charge in [-0.2, -0.15) is 5.10 Å². The highest BCUT2D eigenvalue weighted by Crippen LogP contribution is 2.48. The summed E-state index contributed by atoms with van der Waals surface area (Å²) in [6.07, 6.45) is 2.32. The Labute approximate surface area is 168 Å². The van der Waals surface area contributed by atoms with Gasteiger partial charge in [-0.1, -0.05) is 48.0 Å². The van der Waals surface area contributed by atoms with Gasteiger partial charge in [0.05, 0.1) is 11.4 Å². The number of aromatic nitrogens is 2. The number of allylic oxidation sites excluding steroid dienone is 2. The highest BCUT2D eigenvalue weighted by Gasteiger charge is 2.39. The third-order valence-electron chi connectivity index (χ3n) is 5.63. The van der Waals surface area contributed by atoms with Crippen LogP contribution in [0.2, 0.25) is 5.02 Å². The van der Waals surface area contributed by atoms with E-state index in [2.05, 4.69) is 5.32 Å². The van der Waals surface area contributed by atoms with Gasteiger partial charge in [-0.05, 0) is 43.5 Å². The third kappa shape index (κ3) is 2.60. The van der Waals surface area contributed by atoms with Crippen LogP contribution in [0.15, 0.2) is 65.9 Å². The predicted molar refractivity (Wildman–Crippen MR) is 111 cm³/mol. The number of nitrogens with zero attached hydrogens (tertiary/aromatic N) is 2. The fraction of sp³-hybridized carbons (Fsp3) is 0.217. The van der Waals surface area contributed by atoms with E-state index in [-0.39, 0.29) is 11.7 Å². The van der Waals surface area contributed by atoms with Crippen molar-refractivity contribution in [3.8, 4) is 5.69 Å². The van der Waals surface area contributed by atoms with E-state index >= 15 is 0 Å². The summed E-state index contributed by atoms with van der Waals surface area (Å²) in [5.74, 6) is 0.948. The minimum Gasteiger partial charge on any atom is -0.343 e. The minimum absolute atomic E-state index is 0.190. The Bertz CT molecular complexity index is 1110. The summed E-state index contributed by atoms with van der Waals surface area (Å²) in [6.45, 7) is 2.00. The minimum atomic E-state index is -0.190. The fourth-order valence-electron chi connectivity index (χ4n) is 4.40. The topological polar surface area (TPSA) is 46.9 Å². The molecular weight excluding hydrogens is 370 g/mol. The van der Waals surface area contributed by atoms with Crippen molar-refractivity contribution in [3.63, 3.8) is 0 Å². The summed E-state index contributed by atoms with van der Waals surface area (Å²) in [6, 6.07) is 17.9. The van der Waals surface area contributed by atoms with E-state index < -0.39 is 0 Å². The van der Waals surface area contributed by atoms with Crippen molar-refractivity contribution in [2.45, 2.75) is 32.1 Å². The molecule has 1 aromatic heterocycles. The predicted octanol–water partition coefficient (Wildman–Crippen LogP) is 5.40. The van der Waals surface area contributed by atoms with Gasteiger partial charge in [0.2, 0.25) is 0 Å². The molecule has 0 spiro atoms. The van der Waals surface area contributed by atoms with Crippen LogP contribution in [0.1, 0.15) is 42.0 Å². The molecule has 5 heteroatoms. The van der Waals surface area contributed by atoms with Crippen molar-refractivity contribution < 1.29 is 4.79 Å². The second kappa shape index (κ2) is 6.64. The van der Waals surface area contributed by atoms with E-state index in [1.165, 1.54) is 0 Å². The van der Waals surface area contributed by atoms with Crippen LogP contribution in [0.3, 0.4) is 0 Å². The number of halogens is 1. The maximum atomic E-state index is 13.0. The summed E-state index contributed by atoms with van der Waals surface area (Å²) in [4.78, 5) is 13.0. The Hall–Kier alpha value is -2.85. The van der Waals surface area contributed by atoms with Gasteiger partial charge < -0.3 is 5.32 Å². The van der Waals surface area contributed by atoms with Gasteiger partial charge in [0.1, 0.15) is 5.82 Å². The van der Waals surface area contributed by atoms with E-state index in [0.717, 1.165) is 52.4 Å². The molecule has 28 heavy (non-hydrogen) atoms. The SMILES string of the molecule is Cc1nn(-c2ccccc2)c2c1C(c1ccccc1Cl)C1=C(CCCC1=O)N2. The second-order valence-electron chi connectivity index (χ2n) is 7.34. The number of Topliss-reactive ketones (excluding diaryl/α,β-unsaturated/α-hetero) is 1. The number of rotatable bonds is 2. The first-order chi connectivity index (χ1) is 13.6. The van der Waals surface area contributed by atoms with Crippen molar-refractivity contribution >= 4 is 23.2 Å². The van der Waals surface area contributed by atoms with Crippen LogP contribution in [-0.4, -0.2) is 15.6 Å². The zero-order chi connectivity index (χ0) is 19.3. The molecule has 2 aromatic carbocycles. The number of hydrogen-bond donors (Lipinski definition) is 1. The molecule has 140 valence electrons. The zero-order valence-corrected chi connectivity index (χ0v) is 16.3. The first kappa shape index (κ1) is 17.3. The summed E-state index contributed by atoms with van der Waals surface area (Å²) in [5, 5.41) is 9.05. The Morgan fingerprint density at radius 1 is 1.07 bits per heavy atom. The molecular formula is C23H20ClN3O. The molecule has 0 amide bonds. The van der Waals surface area contributed by atoms with Gasteiger partial charge in [0, 0.05) is 34.2 Å². The number of ketones is 1. The van der Waals surface area contributed by atoms with Gasteiger partial charge >= 0.3 is 0 Å². The lowest BCUT2D eigenvalue weighted by molar-refractivity contribution is -0.116. The smallest absolute Gasteiger partial charge is 0.161 e. The van der Waals surface area contributed by atoms with Crippen molar-refractivity contribution in [2.75, 3.05) is 5.32 Å². The van der Waals surface area contributed by atoms with Crippen molar-refractivity contribution in [1.29, 1.82) is 0 Å². The van der Waals surface area contributed by atoms with Gasteiger partial charge in [-0.25, -0.2) is 4.68 Å². The third-order valence-corrected chi connectivity index (χ3v) is 5.97. The number of benzene rings is 2. The highest BCUT2D eigenvalue weighted by molar-refractivity contribution is 6.31. The summed E-state index contributed by atoms with van der Waals surface area (Å²) < 4.78 is 1.94. The number of aryl methyl sites for hydroxylation is 1. The van der Waals surface area contributed by atoms with Crippen LogP contribution in [0, 0.1) is 6.92 Å². The van der Waals surface area contributed by atoms with E-state index in [1.807, 2.05) is 66.2 Å². The second-order valence-corrected chi connectivity index (χ2v) is 7.75. The Morgan fingerprint density at radius 3 is 2.61 bits per heavy atom. The van der Waals surface area contributed by atoms with Crippen molar-refractivity contribution in [3.05, 3.63) is 87.7 Å². The molecule has 3 aromatic rings. The van der Waals surface area contributed by atoms with E-state index in [9.17, 15) is 4.79 Å². The van der Waals surface area contributed by atoms with Crippen LogP contribution >= 0.6 is 11.6 Å². The first-order valence-corrected chi connectivity index (χ1v) is 9.95. The van der Waals surface area contributed by atoms with Crippen LogP contribution in [0.5, 0.6) is 0 Å². The standard InChI is InChI=1S/C23H20ClN3O/c1-14-20-21(16-10-5-6-11-17(16)24)22-18(12-7-13-19(22)28)25-23(20)27(26-14)15-8-3-2-4-9-15/h2-6,8-11,21,25H,7,12-13H2,1H3. The number of para-hydroxylation sites is 1. The summed E-state index contributed by atoms with van der Waals surface area (Å²) >= 11 is 6.60. The van der Waals surface area contributed by atoms with Gasteiger partial charge in [-0.3, -0.25) is 4.79 Å². The van der Waals surface area contributed by atoms with E-state index in [0.29, 0.717) is 11.4 Å². The molecule has 0 radical (unpaired) electrons. The van der Waals surface area contributed by atoms with Gasteiger partial charge in [0.15, 0.2) is 5.78 Å². The summed E-state index contributed by atoms with van der Waals surface area (Å²) in [7, 11) is 0. The molecule has 1 aliphatic heterocycles. The average molecular weight is 390 g/mol. The maximum absolute atomic E-state index is 13.0. The monoisotopic (exact) mass is 389 g/mol. The normalized spacial score (nSPS) is 18.5. The van der Waals surface area contributed by atoms with Crippen LogP contribution < -0.4 is 5.32 Å². The molecule has 2 heterocycles. The lowest BCUT2D eigenvalue weighted by Crippen LogP contribution is -2.27. The molecule has 1 aliphatic carbocycles. The molecule has 0 fully saturated rings. The molecule has 0 saturated heterocycles. The Morgan fingerprint density at radius 2 is 1.82 bits per heavy atom. The molecule has 2 aliphatic rings. The van der Waals surface area contributed by atoms with Crippen molar-refractivity contribution in [1.82, 2.24) is 9.78 Å². The number of carbonyl (C=O) groups excluding carboxylic acids is 1. The molecule has 1 atom stereocenters. The van der Waals surface area contributed by atoms with Gasteiger partial charge in [0.25, 0.3) is 0 Å². The van der Waals surface area contributed by atoms with Crippen LogP contribution in [0.25, 0.3) is 5.69 Å². The lowest BCUT2D eigenvalue weighted by atomic mass is 9.76. The maximum Gasteiger partial charge on any atom is 0.161 e.